The summed E-state index contributed by atoms with van der Waals surface area (Å²) in [5, 5.41) is 10.8. The quantitative estimate of drug-likeness (QED) is 0.814. The summed E-state index contributed by atoms with van der Waals surface area (Å²) in [7, 11) is 2.95. The van der Waals surface area contributed by atoms with Crippen LogP contribution in [-0.4, -0.2) is 34.3 Å². The van der Waals surface area contributed by atoms with E-state index in [4.69, 9.17) is 9.47 Å². The molecule has 2 rings (SSSR count). The van der Waals surface area contributed by atoms with Crippen LogP contribution in [0.3, 0.4) is 0 Å². The summed E-state index contributed by atoms with van der Waals surface area (Å²) in [6.45, 7) is 0. The third-order valence-corrected chi connectivity index (χ3v) is 3.91. The second kappa shape index (κ2) is 5.76. The summed E-state index contributed by atoms with van der Waals surface area (Å²) in [5.74, 6) is 0.559. The van der Waals surface area contributed by atoms with Crippen LogP contribution in [0.25, 0.3) is 0 Å². The first kappa shape index (κ1) is 13.4. The van der Waals surface area contributed by atoms with Gasteiger partial charge in [0, 0.05) is 0 Å². The molecule has 8 heteroatoms. The Morgan fingerprint density at radius 1 is 1.28 bits per heavy atom. The van der Waals surface area contributed by atoms with Crippen molar-refractivity contribution in [3.8, 4) is 11.8 Å². The molecule has 0 radical (unpaired) electrons. The molecule has 6 nitrogen and oxygen atoms in total. The van der Waals surface area contributed by atoms with Crippen LogP contribution in [0, 0.1) is 2.88 Å². The number of aliphatic hydroxyl groups is 1. The molecule has 0 bridgehead atoms. The number of aliphatic hydroxyl groups excluding tert-OH is 1. The van der Waals surface area contributed by atoms with E-state index in [9.17, 15) is 5.11 Å². The van der Waals surface area contributed by atoms with Gasteiger partial charge in [0.25, 0.3) is 0 Å². The van der Waals surface area contributed by atoms with Gasteiger partial charge < -0.3 is 14.6 Å². The van der Waals surface area contributed by atoms with Gasteiger partial charge in [-0.25, -0.2) is 9.97 Å². The molecule has 2 aromatic rings. The van der Waals surface area contributed by atoms with Crippen molar-refractivity contribution in [2.24, 2.45) is 0 Å². The lowest BCUT2D eigenvalue weighted by Gasteiger charge is -2.11. The number of hydrogen-bond donors (Lipinski definition) is 1. The SMILES string of the molecule is COc1cnc(C(O)c2ncc(I)s2)c(OC)n1. The Kier molecular flexibility index (Phi) is 4.30. The van der Waals surface area contributed by atoms with Gasteiger partial charge in [-0.15, -0.1) is 11.3 Å². The van der Waals surface area contributed by atoms with E-state index in [2.05, 4.69) is 37.5 Å². The van der Waals surface area contributed by atoms with Crippen molar-refractivity contribution in [3.63, 3.8) is 0 Å². The Morgan fingerprint density at radius 2 is 2.06 bits per heavy atom. The lowest BCUT2D eigenvalue weighted by atomic mass is 10.2. The summed E-state index contributed by atoms with van der Waals surface area (Å²) in [6.07, 6.45) is 2.17. The molecule has 1 unspecified atom stereocenters. The molecule has 96 valence electrons. The highest BCUT2D eigenvalue weighted by molar-refractivity contribution is 14.1. The molecule has 0 saturated carbocycles. The predicted octanol–water partition coefficient (Wildman–Crippen LogP) is 1.64. The van der Waals surface area contributed by atoms with Gasteiger partial charge in [0.15, 0.2) is 6.10 Å². The fourth-order valence-electron chi connectivity index (χ4n) is 1.31. The second-order valence-corrected chi connectivity index (χ2v) is 6.17. The smallest absolute Gasteiger partial charge is 0.241 e. The van der Waals surface area contributed by atoms with E-state index in [-0.39, 0.29) is 5.88 Å². The van der Waals surface area contributed by atoms with Gasteiger partial charge in [0.05, 0.1) is 29.5 Å². The lowest BCUT2D eigenvalue weighted by Crippen LogP contribution is -2.07. The van der Waals surface area contributed by atoms with Crippen LogP contribution in [0.5, 0.6) is 11.8 Å². The minimum atomic E-state index is -0.952. The third-order valence-electron chi connectivity index (χ3n) is 2.14. The highest BCUT2D eigenvalue weighted by Gasteiger charge is 2.22. The van der Waals surface area contributed by atoms with E-state index in [1.807, 2.05) is 0 Å². The van der Waals surface area contributed by atoms with Gasteiger partial charge in [0.2, 0.25) is 11.8 Å². The molecule has 0 fully saturated rings. The fraction of sp³-hybridized carbons (Fsp3) is 0.300. The predicted molar refractivity (Wildman–Crippen MR) is 74.0 cm³/mol. The van der Waals surface area contributed by atoms with Gasteiger partial charge in [-0.2, -0.15) is 4.98 Å². The highest BCUT2D eigenvalue weighted by atomic mass is 127. The number of ether oxygens (including phenoxy) is 2. The molecule has 0 amide bonds. The van der Waals surface area contributed by atoms with Crippen molar-refractivity contribution in [2.45, 2.75) is 6.10 Å². The summed E-state index contributed by atoms with van der Waals surface area (Å²) in [5.41, 5.74) is 0.323. The molecule has 0 spiro atoms. The van der Waals surface area contributed by atoms with E-state index >= 15 is 0 Å². The maximum absolute atomic E-state index is 10.2. The maximum atomic E-state index is 10.2. The van der Waals surface area contributed by atoms with E-state index in [1.54, 1.807) is 6.20 Å². The zero-order valence-electron chi connectivity index (χ0n) is 9.62. The number of aromatic nitrogens is 3. The van der Waals surface area contributed by atoms with E-state index in [0.29, 0.717) is 16.6 Å². The molecule has 0 saturated heterocycles. The molecular weight excluding hydrogens is 369 g/mol. The molecule has 0 aliphatic heterocycles. The van der Waals surface area contributed by atoms with Crippen molar-refractivity contribution in [3.05, 3.63) is 26.0 Å². The van der Waals surface area contributed by atoms with Crippen LogP contribution in [0.2, 0.25) is 0 Å². The first-order valence-electron chi connectivity index (χ1n) is 4.90. The Balaban J connectivity index is 2.38. The minimum absolute atomic E-state index is 0.229. The molecule has 0 aliphatic rings. The van der Waals surface area contributed by atoms with Gasteiger partial charge in [-0.3, -0.25) is 0 Å². The van der Waals surface area contributed by atoms with Crippen LogP contribution >= 0.6 is 33.9 Å². The van der Waals surface area contributed by atoms with Gasteiger partial charge in [-0.1, -0.05) is 0 Å². The number of hydrogen-bond acceptors (Lipinski definition) is 7. The van der Waals surface area contributed by atoms with Crippen molar-refractivity contribution >= 4 is 33.9 Å². The molecule has 0 aliphatic carbocycles. The molecule has 18 heavy (non-hydrogen) atoms. The van der Waals surface area contributed by atoms with Crippen LogP contribution < -0.4 is 9.47 Å². The monoisotopic (exact) mass is 379 g/mol. The van der Waals surface area contributed by atoms with E-state index in [1.165, 1.54) is 31.8 Å². The molecule has 1 N–H and O–H groups in total. The summed E-state index contributed by atoms with van der Waals surface area (Å²) in [4.78, 5) is 12.3. The lowest BCUT2D eigenvalue weighted by molar-refractivity contribution is 0.206. The van der Waals surface area contributed by atoms with E-state index in [0.717, 1.165) is 2.88 Å². The fourth-order valence-corrected chi connectivity index (χ4v) is 2.76. The summed E-state index contributed by atoms with van der Waals surface area (Å²) < 4.78 is 11.0. The minimum Gasteiger partial charge on any atom is -0.480 e. The molecule has 0 aromatic carbocycles. The first-order valence-corrected chi connectivity index (χ1v) is 6.79. The van der Waals surface area contributed by atoms with Crippen LogP contribution in [0.4, 0.5) is 0 Å². The summed E-state index contributed by atoms with van der Waals surface area (Å²) >= 11 is 3.53. The number of rotatable bonds is 4. The molecular formula is C10H10IN3O3S. The van der Waals surface area contributed by atoms with Crippen LogP contribution in [0.15, 0.2) is 12.4 Å². The second-order valence-electron chi connectivity index (χ2n) is 3.21. The van der Waals surface area contributed by atoms with E-state index < -0.39 is 6.10 Å². The normalized spacial score (nSPS) is 12.2. The standard InChI is InChI=1S/C10H10IN3O3S/c1-16-6-4-12-7(9(14-6)17-2)8(15)10-13-3-5(11)18-10/h3-4,8,15H,1-2H3. The summed E-state index contributed by atoms with van der Waals surface area (Å²) in [6, 6.07) is 0. The molecule has 1 atom stereocenters. The van der Waals surface area contributed by atoms with Crippen LogP contribution in [0.1, 0.15) is 16.8 Å². The van der Waals surface area contributed by atoms with Crippen molar-refractivity contribution < 1.29 is 14.6 Å². The van der Waals surface area contributed by atoms with Gasteiger partial charge in [-0.05, 0) is 22.6 Å². The van der Waals surface area contributed by atoms with Crippen molar-refractivity contribution in [2.75, 3.05) is 14.2 Å². The zero-order valence-corrected chi connectivity index (χ0v) is 12.6. The number of thiazole rings is 1. The Morgan fingerprint density at radius 3 is 2.61 bits per heavy atom. The third kappa shape index (κ3) is 2.70. The largest absolute Gasteiger partial charge is 0.480 e. The van der Waals surface area contributed by atoms with Gasteiger partial charge >= 0.3 is 0 Å². The number of methoxy groups -OCH3 is 2. The first-order chi connectivity index (χ1) is 8.65. The van der Waals surface area contributed by atoms with Gasteiger partial charge in [0.1, 0.15) is 10.7 Å². The Bertz CT molecular complexity index is 549. The molecule has 2 aromatic heterocycles. The average molecular weight is 379 g/mol. The molecule has 2 heterocycles. The number of halogens is 1. The van der Waals surface area contributed by atoms with Crippen molar-refractivity contribution in [1.82, 2.24) is 15.0 Å². The average Bonchev–Trinajstić information content (AvgIpc) is 2.83. The number of nitrogens with zero attached hydrogens (tertiary/aromatic N) is 3. The Hall–Kier alpha value is -1.00. The topological polar surface area (TPSA) is 77.4 Å². The Labute approximate surface area is 121 Å². The zero-order chi connectivity index (χ0) is 13.1. The van der Waals surface area contributed by atoms with Crippen molar-refractivity contribution in [1.29, 1.82) is 0 Å². The maximum Gasteiger partial charge on any atom is 0.241 e. The highest BCUT2D eigenvalue weighted by Crippen LogP contribution is 2.30. The van der Waals surface area contributed by atoms with Crippen LogP contribution in [-0.2, 0) is 0 Å².